The second-order valence-corrected chi connectivity index (χ2v) is 8.53. The van der Waals surface area contributed by atoms with Crippen LogP contribution < -0.4 is 9.47 Å². The molecule has 1 unspecified atom stereocenters. The van der Waals surface area contributed by atoms with E-state index >= 15 is 0 Å². The number of carbonyl (C=O) groups is 1. The van der Waals surface area contributed by atoms with E-state index in [1.807, 2.05) is 54.3 Å². The number of carbonyl (C=O) groups excluding carboxylic acids is 1. The Labute approximate surface area is 193 Å². The number of benzene rings is 2. The predicted octanol–water partition coefficient (Wildman–Crippen LogP) is 5.02. The van der Waals surface area contributed by atoms with Gasteiger partial charge in [-0.15, -0.1) is 0 Å². The fourth-order valence-electron chi connectivity index (χ4n) is 3.97. The Morgan fingerprint density at radius 2 is 2.12 bits per heavy atom. The third-order valence-electron chi connectivity index (χ3n) is 5.63. The summed E-state index contributed by atoms with van der Waals surface area (Å²) in [6, 6.07) is 13.4. The molecule has 1 amide bonds. The number of hydrogen-bond acceptors (Lipinski definition) is 5. The maximum atomic E-state index is 12.8. The second-order valence-electron chi connectivity index (χ2n) is 8.09. The molecule has 0 bridgehead atoms. The van der Waals surface area contributed by atoms with Crippen LogP contribution in [0.1, 0.15) is 41.5 Å². The van der Waals surface area contributed by atoms with E-state index in [0.717, 1.165) is 29.7 Å². The molecule has 4 rings (SSSR count). The number of hydrogen-bond donors (Lipinski definition) is 0. The molecule has 168 valence electrons. The van der Waals surface area contributed by atoms with Gasteiger partial charge in [0.25, 0.3) is 5.91 Å². The van der Waals surface area contributed by atoms with Crippen LogP contribution in [-0.2, 0) is 11.2 Å². The van der Waals surface area contributed by atoms with Gasteiger partial charge in [-0.3, -0.25) is 4.79 Å². The fraction of sp³-hybridized carbons (Fsp3) is 0.360. The average Bonchev–Trinajstić information content (AvgIpc) is 3.26. The van der Waals surface area contributed by atoms with Crippen molar-refractivity contribution in [2.75, 3.05) is 26.8 Å². The molecule has 3 aromatic rings. The van der Waals surface area contributed by atoms with Crippen LogP contribution in [0.2, 0.25) is 5.02 Å². The molecule has 1 saturated heterocycles. The van der Waals surface area contributed by atoms with E-state index in [1.165, 1.54) is 0 Å². The number of rotatable bonds is 7. The number of aryl methyl sites for hydroxylation is 1. The smallest absolute Gasteiger partial charge is 0.260 e. The molecule has 0 spiro atoms. The van der Waals surface area contributed by atoms with E-state index in [-0.39, 0.29) is 18.4 Å². The SMILES string of the molecule is COc1cc(C)ccc1OCC(=O)N1CCCC(c2ncc(Cc3cccc(Cl)c3)o2)C1. The summed E-state index contributed by atoms with van der Waals surface area (Å²) >= 11 is 6.07. The summed E-state index contributed by atoms with van der Waals surface area (Å²) in [4.78, 5) is 19.1. The van der Waals surface area contributed by atoms with Crippen molar-refractivity contribution in [1.82, 2.24) is 9.88 Å². The van der Waals surface area contributed by atoms with Gasteiger partial charge in [0, 0.05) is 24.5 Å². The predicted molar refractivity (Wildman–Crippen MR) is 123 cm³/mol. The van der Waals surface area contributed by atoms with E-state index in [4.69, 9.17) is 25.5 Å². The number of oxazole rings is 1. The summed E-state index contributed by atoms with van der Waals surface area (Å²) in [5.74, 6) is 2.69. The summed E-state index contributed by atoms with van der Waals surface area (Å²) in [5, 5.41) is 0.703. The van der Waals surface area contributed by atoms with Crippen molar-refractivity contribution >= 4 is 17.5 Å². The summed E-state index contributed by atoms with van der Waals surface area (Å²) < 4.78 is 17.1. The van der Waals surface area contributed by atoms with Crippen molar-refractivity contribution in [3.05, 3.63) is 76.5 Å². The Bertz CT molecular complexity index is 1080. The number of methoxy groups -OCH3 is 1. The zero-order chi connectivity index (χ0) is 22.5. The van der Waals surface area contributed by atoms with Crippen LogP contribution in [0.25, 0.3) is 0 Å². The highest BCUT2D eigenvalue weighted by molar-refractivity contribution is 6.30. The molecule has 1 aromatic heterocycles. The third kappa shape index (κ3) is 5.43. The third-order valence-corrected chi connectivity index (χ3v) is 5.87. The Balaban J connectivity index is 1.35. The number of piperidine rings is 1. The number of halogens is 1. The van der Waals surface area contributed by atoms with Gasteiger partial charge < -0.3 is 18.8 Å². The van der Waals surface area contributed by atoms with Crippen LogP contribution in [0, 0.1) is 6.92 Å². The van der Waals surface area contributed by atoms with Crippen molar-refractivity contribution < 1.29 is 18.7 Å². The van der Waals surface area contributed by atoms with E-state index in [2.05, 4.69) is 4.98 Å². The number of nitrogens with zero attached hydrogens (tertiary/aromatic N) is 2. The van der Waals surface area contributed by atoms with E-state index < -0.39 is 0 Å². The van der Waals surface area contributed by atoms with Crippen LogP contribution in [0.15, 0.2) is 53.1 Å². The number of aromatic nitrogens is 1. The Hall–Kier alpha value is -2.99. The number of likely N-dealkylation sites (tertiary alicyclic amines) is 1. The molecular formula is C25H27ClN2O4. The average molecular weight is 455 g/mol. The fourth-order valence-corrected chi connectivity index (χ4v) is 4.18. The molecule has 32 heavy (non-hydrogen) atoms. The van der Waals surface area contributed by atoms with Crippen LogP contribution >= 0.6 is 11.6 Å². The lowest BCUT2D eigenvalue weighted by Gasteiger charge is -2.31. The number of amides is 1. The Morgan fingerprint density at radius 1 is 1.25 bits per heavy atom. The Morgan fingerprint density at radius 3 is 2.94 bits per heavy atom. The van der Waals surface area contributed by atoms with Crippen LogP contribution in [-0.4, -0.2) is 42.6 Å². The maximum Gasteiger partial charge on any atom is 0.260 e. The molecule has 1 atom stereocenters. The van der Waals surface area contributed by atoms with Crippen molar-refractivity contribution in [2.45, 2.75) is 32.1 Å². The lowest BCUT2D eigenvalue weighted by Crippen LogP contribution is -2.41. The molecule has 0 N–H and O–H groups in total. The van der Waals surface area contributed by atoms with Crippen molar-refractivity contribution in [3.8, 4) is 11.5 Å². The molecule has 1 fully saturated rings. The topological polar surface area (TPSA) is 64.8 Å². The van der Waals surface area contributed by atoms with Gasteiger partial charge in [-0.25, -0.2) is 4.98 Å². The standard InChI is InChI=1S/C25H27ClN2O4/c1-17-8-9-22(23(11-17)30-2)31-16-24(29)28-10-4-6-19(15-28)25-27-14-21(32-25)13-18-5-3-7-20(26)12-18/h3,5,7-9,11-12,14,19H,4,6,10,13,15-16H2,1-2H3. The van der Waals surface area contributed by atoms with Gasteiger partial charge in [0.1, 0.15) is 5.76 Å². The van der Waals surface area contributed by atoms with Gasteiger partial charge in [-0.2, -0.15) is 0 Å². The van der Waals surface area contributed by atoms with Crippen LogP contribution in [0.3, 0.4) is 0 Å². The van der Waals surface area contributed by atoms with Gasteiger partial charge >= 0.3 is 0 Å². The highest BCUT2D eigenvalue weighted by atomic mass is 35.5. The Kier molecular flexibility index (Phi) is 7.00. The maximum absolute atomic E-state index is 12.8. The molecule has 1 aliphatic heterocycles. The van der Waals surface area contributed by atoms with Gasteiger partial charge in [0.15, 0.2) is 24.0 Å². The first-order valence-electron chi connectivity index (χ1n) is 10.8. The normalized spacial score (nSPS) is 16.1. The first-order chi connectivity index (χ1) is 15.5. The minimum atomic E-state index is -0.0527. The lowest BCUT2D eigenvalue weighted by atomic mass is 9.98. The van der Waals surface area contributed by atoms with Gasteiger partial charge in [0.2, 0.25) is 0 Å². The van der Waals surface area contributed by atoms with Crippen molar-refractivity contribution in [1.29, 1.82) is 0 Å². The van der Waals surface area contributed by atoms with E-state index in [1.54, 1.807) is 13.3 Å². The second kappa shape index (κ2) is 10.1. The van der Waals surface area contributed by atoms with Crippen molar-refractivity contribution in [3.63, 3.8) is 0 Å². The van der Waals surface area contributed by atoms with Crippen molar-refractivity contribution in [2.24, 2.45) is 0 Å². The molecule has 2 heterocycles. The van der Waals surface area contributed by atoms with Crippen LogP contribution in [0.4, 0.5) is 0 Å². The molecule has 0 aliphatic carbocycles. The van der Waals surface area contributed by atoms with Gasteiger partial charge in [-0.05, 0) is 55.2 Å². The highest BCUT2D eigenvalue weighted by Gasteiger charge is 2.28. The van der Waals surface area contributed by atoms with E-state index in [9.17, 15) is 4.79 Å². The first kappa shape index (κ1) is 22.2. The summed E-state index contributed by atoms with van der Waals surface area (Å²) in [6.45, 7) is 3.23. The largest absolute Gasteiger partial charge is 0.493 e. The molecule has 7 heteroatoms. The molecular weight excluding hydrogens is 428 g/mol. The van der Waals surface area contributed by atoms with Crippen LogP contribution in [0.5, 0.6) is 11.5 Å². The van der Waals surface area contributed by atoms with Gasteiger partial charge in [-0.1, -0.05) is 29.8 Å². The molecule has 0 saturated carbocycles. The van der Waals surface area contributed by atoms with E-state index in [0.29, 0.717) is 41.9 Å². The highest BCUT2D eigenvalue weighted by Crippen LogP contribution is 2.29. The quantitative estimate of drug-likeness (QED) is 0.501. The molecule has 2 aromatic carbocycles. The minimum Gasteiger partial charge on any atom is -0.493 e. The van der Waals surface area contributed by atoms with Gasteiger partial charge in [0.05, 0.1) is 19.2 Å². The zero-order valence-electron chi connectivity index (χ0n) is 18.3. The molecule has 6 nitrogen and oxygen atoms in total. The summed E-state index contributed by atoms with van der Waals surface area (Å²) in [5.41, 5.74) is 2.14. The summed E-state index contributed by atoms with van der Waals surface area (Å²) in [6.07, 6.45) is 4.24. The minimum absolute atomic E-state index is 0.0300. The molecule has 0 radical (unpaired) electrons. The number of ether oxygens (including phenoxy) is 2. The zero-order valence-corrected chi connectivity index (χ0v) is 19.1. The first-order valence-corrected chi connectivity index (χ1v) is 11.1. The monoisotopic (exact) mass is 454 g/mol. The molecule has 1 aliphatic rings. The summed E-state index contributed by atoms with van der Waals surface area (Å²) in [7, 11) is 1.59. The lowest BCUT2D eigenvalue weighted by molar-refractivity contribution is -0.134.